The van der Waals surface area contributed by atoms with Crippen LogP contribution in [0, 0.1) is 0 Å². The van der Waals surface area contributed by atoms with E-state index in [1.807, 2.05) is 0 Å². The van der Waals surface area contributed by atoms with Crippen LogP contribution in [-0.2, 0) is 33.3 Å². The standard InChI is InChI=1S/C26H37NO8/c1-24(2,3)33-21(29)19(22(30)34-25(4,5)6)17-13-11-16(12-14-17)15-18(20(28)32-10)27-23(31)35-26(7,8)9/h11-15,19H,1-10H3,(H,27,31)/b18-15-. The van der Waals surface area contributed by atoms with Crippen molar-refractivity contribution in [1.29, 1.82) is 0 Å². The molecule has 194 valence electrons. The number of alkyl carbamates (subject to hydrolysis) is 1. The first-order valence-corrected chi connectivity index (χ1v) is 11.2. The molecular formula is C26H37NO8. The second-order valence-electron chi connectivity index (χ2n) is 10.8. The Morgan fingerprint density at radius 3 is 1.54 bits per heavy atom. The van der Waals surface area contributed by atoms with Crippen molar-refractivity contribution in [3.63, 3.8) is 0 Å². The molecule has 1 aromatic carbocycles. The van der Waals surface area contributed by atoms with Crippen LogP contribution in [0.4, 0.5) is 4.79 Å². The number of amides is 1. The Kier molecular flexibility index (Phi) is 9.65. The minimum Gasteiger partial charge on any atom is -0.464 e. The lowest BCUT2D eigenvalue weighted by atomic mass is 9.97. The number of carbonyl (C=O) groups excluding carboxylic acids is 4. The summed E-state index contributed by atoms with van der Waals surface area (Å²) in [5.74, 6) is -3.56. The van der Waals surface area contributed by atoms with E-state index in [2.05, 4.69) is 5.32 Å². The van der Waals surface area contributed by atoms with E-state index in [1.54, 1.807) is 86.6 Å². The van der Waals surface area contributed by atoms with Crippen molar-refractivity contribution in [2.24, 2.45) is 0 Å². The molecule has 0 radical (unpaired) electrons. The molecule has 0 bridgehead atoms. The SMILES string of the molecule is COC(=O)/C(=C/c1ccc(C(C(=O)OC(C)(C)C)C(=O)OC(C)(C)C)cc1)NC(=O)OC(C)(C)C. The van der Waals surface area contributed by atoms with E-state index in [0.29, 0.717) is 11.1 Å². The van der Waals surface area contributed by atoms with Gasteiger partial charge in [-0.05, 0) is 79.5 Å². The van der Waals surface area contributed by atoms with Gasteiger partial charge >= 0.3 is 24.0 Å². The second kappa shape index (κ2) is 11.4. The maximum absolute atomic E-state index is 12.9. The van der Waals surface area contributed by atoms with Crippen LogP contribution in [0.5, 0.6) is 0 Å². The van der Waals surface area contributed by atoms with Crippen molar-refractivity contribution in [1.82, 2.24) is 5.32 Å². The monoisotopic (exact) mass is 491 g/mol. The Labute approximate surface area is 207 Å². The van der Waals surface area contributed by atoms with E-state index >= 15 is 0 Å². The van der Waals surface area contributed by atoms with E-state index < -0.39 is 46.7 Å². The highest BCUT2D eigenvalue weighted by Gasteiger charge is 2.36. The molecule has 0 aromatic heterocycles. The van der Waals surface area contributed by atoms with Gasteiger partial charge in [0.25, 0.3) is 0 Å². The van der Waals surface area contributed by atoms with Crippen molar-refractivity contribution in [2.45, 2.75) is 85.0 Å². The highest BCUT2D eigenvalue weighted by molar-refractivity contribution is 6.01. The van der Waals surface area contributed by atoms with Gasteiger partial charge in [-0.15, -0.1) is 0 Å². The van der Waals surface area contributed by atoms with Gasteiger partial charge in [-0.25, -0.2) is 9.59 Å². The van der Waals surface area contributed by atoms with Gasteiger partial charge in [0.1, 0.15) is 22.5 Å². The first-order chi connectivity index (χ1) is 15.8. The van der Waals surface area contributed by atoms with Crippen LogP contribution in [0.15, 0.2) is 30.0 Å². The third-order valence-corrected chi connectivity index (χ3v) is 3.91. The fourth-order valence-corrected chi connectivity index (χ4v) is 2.71. The minimum atomic E-state index is -1.30. The summed E-state index contributed by atoms with van der Waals surface area (Å²) in [4.78, 5) is 50.0. The van der Waals surface area contributed by atoms with Gasteiger partial charge in [0.2, 0.25) is 0 Å². The summed E-state index contributed by atoms with van der Waals surface area (Å²) in [6.07, 6.45) is 0.566. The lowest BCUT2D eigenvalue weighted by Gasteiger charge is -2.26. The lowest BCUT2D eigenvalue weighted by molar-refractivity contribution is -0.169. The Hall–Kier alpha value is -3.36. The van der Waals surface area contributed by atoms with Crippen LogP contribution in [0.2, 0.25) is 0 Å². The van der Waals surface area contributed by atoms with Crippen molar-refractivity contribution in [3.05, 3.63) is 41.1 Å². The molecular weight excluding hydrogens is 454 g/mol. The highest BCUT2D eigenvalue weighted by Crippen LogP contribution is 2.25. The van der Waals surface area contributed by atoms with Crippen LogP contribution >= 0.6 is 0 Å². The van der Waals surface area contributed by atoms with Crippen molar-refractivity contribution < 1.29 is 38.1 Å². The molecule has 0 saturated heterocycles. The maximum atomic E-state index is 12.9. The Bertz CT molecular complexity index is 929. The first-order valence-electron chi connectivity index (χ1n) is 11.2. The number of benzene rings is 1. The van der Waals surface area contributed by atoms with Crippen LogP contribution in [0.25, 0.3) is 6.08 Å². The smallest absolute Gasteiger partial charge is 0.412 e. The summed E-state index contributed by atoms with van der Waals surface area (Å²) in [6, 6.07) is 6.26. The summed E-state index contributed by atoms with van der Waals surface area (Å²) in [7, 11) is 1.18. The van der Waals surface area contributed by atoms with Gasteiger partial charge in [0.15, 0.2) is 5.92 Å². The lowest BCUT2D eigenvalue weighted by Crippen LogP contribution is -2.35. The average Bonchev–Trinajstić information content (AvgIpc) is 2.64. The molecule has 0 fully saturated rings. The van der Waals surface area contributed by atoms with E-state index in [4.69, 9.17) is 18.9 Å². The molecule has 0 heterocycles. The van der Waals surface area contributed by atoms with E-state index in [-0.39, 0.29) is 5.70 Å². The number of hydrogen-bond donors (Lipinski definition) is 1. The predicted molar refractivity (Wildman–Crippen MR) is 130 cm³/mol. The molecule has 1 rings (SSSR count). The van der Waals surface area contributed by atoms with Crippen molar-refractivity contribution in [3.8, 4) is 0 Å². The average molecular weight is 492 g/mol. The van der Waals surface area contributed by atoms with Crippen LogP contribution in [-0.4, -0.2) is 47.9 Å². The topological polar surface area (TPSA) is 117 Å². The Morgan fingerprint density at radius 1 is 0.743 bits per heavy atom. The molecule has 0 atom stereocenters. The summed E-state index contributed by atoms with van der Waals surface area (Å²) >= 11 is 0. The number of rotatable bonds is 6. The number of hydrogen-bond acceptors (Lipinski definition) is 8. The number of methoxy groups -OCH3 is 1. The molecule has 1 aromatic rings. The summed E-state index contributed by atoms with van der Waals surface area (Å²) in [6.45, 7) is 15.3. The zero-order chi connectivity index (χ0) is 27.2. The third-order valence-electron chi connectivity index (χ3n) is 3.91. The molecule has 0 spiro atoms. The zero-order valence-electron chi connectivity index (χ0n) is 22.2. The summed E-state index contributed by atoms with van der Waals surface area (Å²) in [5, 5.41) is 2.38. The van der Waals surface area contributed by atoms with Crippen LogP contribution in [0.1, 0.15) is 79.4 Å². The molecule has 9 nitrogen and oxygen atoms in total. The number of nitrogens with one attached hydrogen (secondary N) is 1. The van der Waals surface area contributed by atoms with Gasteiger partial charge in [0.05, 0.1) is 7.11 Å². The fraction of sp³-hybridized carbons (Fsp3) is 0.538. The van der Waals surface area contributed by atoms with E-state index in [0.717, 1.165) is 0 Å². The molecule has 1 amide bonds. The molecule has 9 heteroatoms. The van der Waals surface area contributed by atoms with Crippen LogP contribution in [0.3, 0.4) is 0 Å². The zero-order valence-corrected chi connectivity index (χ0v) is 22.2. The summed E-state index contributed by atoms with van der Waals surface area (Å²) in [5.41, 5.74) is -1.66. The number of esters is 3. The predicted octanol–water partition coefficient (Wildman–Crippen LogP) is 4.49. The van der Waals surface area contributed by atoms with E-state index in [9.17, 15) is 19.2 Å². The van der Waals surface area contributed by atoms with E-state index in [1.165, 1.54) is 13.2 Å². The van der Waals surface area contributed by atoms with Gasteiger partial charge in [-0.3, -0.25) is 14.9 Å². The summed E-state index contributed by atoms with van der Waals surface area (Å²) < 4.78 is 20.8. The van der Waals surface area contributed by atoms with Crippen molar-refractivity contribution >= 4 is 30.1 Å². The van der Waals surface area contributed by atoms with Gasteiger partial charge in [0, 0.05) is 0 Å². The maximum Gasteiger partial charge on any atom is 0.412 e. The fourth-order valence-electron chi connectivity index (χ4n) is 2.71. The third kappa shape index (κ3) is 11.1. The molecule has 0 aliphatic rings. The van der Waals surface area contributed by atoms with Crippen molar-refractivity contribution in [2.75, 3.05) is 7.11 Å². The minimum absolute atomic E-state index is 0.148. The number of ether oxygens (including phenoxy) is 4. The van der Waals surface area contributed by atoms with Crippen LogP contribution < -0.4 is 5.32 Å². The molecule has 1 N–H and O–H groups in total. The first kappa shape index (κ1) is 29.7. The largest absolute Gasteiger partial charge is 0.464 e. The molecule has 35 heavy (non-hydrogen) atoms. The highest BCUT2D eigenvalue weighted by atomic mass is 16.6. The molecule has 0 unspecified atom stereocenters. The van der Waals surface area contributed by atoms with Gasteiger partial charge in [-0.1, -0.05) is 24.3 Å². The number of carbonyl (C=O) groups is 4. The Balaban J connectivity index is 3.30. The second-order valence-corrected chi connectivity index (χ2v) is 10.8. The van der Waals surface area contributed by atoms with Gasteiger partial charge < -0.3 is 18.9 Å². The quantitative estimate of drug-likeness (QED) is 0.268. The molecule has 0 saturated carbocycles. The molecule has 0 aliphatic carbocycles. The normalized spacial score (nSPS) is 12.6. The molecule has 0 aliphatic heterocycles. The Morgan fingerprint density at radius 2 is 1.17 bits per heavy atom. The van der Waals surface area contributed by atoms with Gasteiger partial charge in [-0.2, -0.15) is 0 Å².